The molecule has 0 amide bonds. The fourth-order valence-corrected chi connectivity index (χ4v) is 1.58. The molecule has 72 valence electrons. The lowest BCUT2D eigenvalue weighted by molar-refractivity contribution is 1.14. The Morgan fingerprint density at radius 2 is 2.14 bits per heavy atom. The Balaban J connectivity index is 2.71. The summed E-state index contributed by atoms with van der Waals surface area (Å²) in [6, 6.07) is 6.10. The molecule has 0 fully saturated rings. The summed E-state index contributed by atoms with van der Waals surface area (Å²) in [7, 11) is 0. The molecule has 3 heteroatoms. The lowest BCUT2D eigenvalue weighted by Crippen LogP contribution is -2.01. The Bertz CT molecular complexity index is 446. The third kappa shape index (κ3) is 1.41. The number of nitrogens with zero attached hydrogens (tertiary/aromatic N) is 2. The first-order chi connectivity index (χ1) is 6.83. The number of aromatic nitrogens is 2. The second-order valence-electron chi connectivity index (χ2n) is 3.22. The molecule has 1 heterocycles. The largest absolute Gasteiger partial charge is 0.370 e. The summed E-state index contributed by atoms with van der Waals surface area (Å²) in [5.41, 5.74) is 2.20. The van der Waals surface area contributed by atoms with Crippen LogP contribution in [0.25, 0.3) is 10.9 Å². The predicted molar refractivity (Wildman–Crippen MR) is 58.4 cm³/mol. The maximum Gasteiger partial charge on any atom is 0.137 e. The van der Waals surface area contributed by atoms with Crippen molar-refractivity contribution in [1.82, 2.24) is 9.97 Å². The number of fused-ring (bicyclic) bond motifs is 1. The van der Waals surface area contributed by atoms with Crippen molar-refractivity contribution in [3.05, 3.63) is 30.1 Å². The van der Waals surface area contributed by atoms with E-state index in [2.05, 4.69) is 35.2 Å². The molecule has 0 atom stereocenters. The molecule has 0 unspecified atom stereocenters. The van der Waals surface area contributed by atoms with Gasteiger partial charge in [0, 0.05) is 11.9 Å². The molecular weight excluding hydrogens is 174 g/mol. The Morgan fingerprint density at radius 1 is 1.29 bits per heavy atom. The van der Waals surface area contributed by atoms with Crippen LogP contribution in [0.4, 0.5) is 5.82 Å². The lowest BCUT2D eigenvalue weighted by Gasteiger charge is -2.07. The van der Waals surface area contributed by atoms with E-state index in [0.717, 1.165) is 23.3 Å². The van der Waals surface area contributed by atoms with Crippen molar-refractivity contribution in [3.8, 4) is 0 Å². The van der Waals surface area contributed by atoms with Gasteiger partial charge >= 0.3 is 0 Å². The monoisotopic (exact) mass is 187 g/mol. The number of hydrogen-bond donors (Lipinski definition) is 1. The Kier molecular flexibility index (Phi) is 2.31. The average Bonchev–Trinajstić information content (AvgIpc) is 2.19. The van der Waals surface area contributed by atoms with Gasteiger partial charge in [0.2, 0.25) is 0 Å². The van der Waals surface area contributed by atoms with E-state index >= 15 is 0 Å². The van der Waals surface area contributed by atoms with Gasteiger partial charge in [-0.1, -0.05) is 12.1 Å². The van der Waals surface area contributed by atoms with Crippen LogP contribution in [0.15, 0.2) is 24.5 Å². The molecule has 0 aliphatic carbocycles. The number of hydrogen-bond acceptors (Lipinski definition) is 3. The van der Waals surface area contributed by atoms with Gasteiger partial charge in [-0.15, -0.1) is 0 Å². The fourth-order valence-electron chi connectivity index (χ4n) is 1.58. The van der Waals surface area contributed by atoms with Crippen LogP contribution < -0.4 is 5.32 Å². The van der Waals surface area contributed by atoms with Gasteiger partial charge in [-0.05, 0) is 25.5 Å². The van der Waals surface area contributed by atoms with Gasteiger partial charge in [0.1, 0.15) is 12.1 Å². The zero-order valence-corrected chi connectivity index (χ0v) is 8.41. The molecule has 1 N–H and O–H groups in total. The van der Waals surface area contributed by atoms with E-state index in [0.29, 0.717) is 0 Å². The number of rotatable bonds is 2. The van der Waals surface area contributed by atoms with Crippen LogP contribution in [0.1, 0.15) is 12.5 Å². The topological polar surface area (TPSA) is 37.8 Å². The van der Waals surface area contributed by atoms with E-state index in [1.165, 1.54) is 5.56 Å². The Labute approximate surface area is 83.2 Å². The first kappa shape index (κ1) is 8.94. The highest BCUT2D eigenvalue weighted by Crippen LogP contribution is 2.22. The summed E-state index contributed by atoms with van der Waals surface area (Å²) < 4.78 is 0. The Morgan fingerprint density at radius 3 is 2.93 bits per heavy atom. The highest BCUT2D eigenvalue weighted by atomic mass is 15.0. The van der Waals surface area contributed by atoms with Crippen molar-refractivity contribution in [2.24, 2.45) is 0 Å². The summed E-state index contributed by atoms with van der Waals surface area (Å²) in [5.74, 6) is 0.926. The van der Waals surface area contributed by atoms with Crippen molar-refractivity contribution in [2.75, 3.05) is 11.9 Å². The molecule has 14 heavy (non-hydrogen) atoms. The van der Waals surface area contributed by atoms with Gasteiger partial charge in [-0.3, -0.25) is 0 Å². The van der Waals surface area contributed by atoms with Crippen molar-refractivity contribution in [3.63, 3.8) is 0 Å². The minimum absolute atomic E-state index is 0.875. The molecule has 0 saturated heterocycles. The summed E-state index contributed by atoms with van der Waals surface area (Å²) in [6.45, 7) is 5.01. The molecule has 3 nitrogen and oxygen atoms in total. The summed E-state index contributed by atoms with van der Waals surface area (Å²) in [5, 5.41) is 4.36. The minimum Gasteiger partial charge on any atom is -0.370 e. The van der Waals surface area contributed by atoms with Crippen LogP contribution in [0, 0.1) is 6.92 Å². The maximum atomic E-state index is 4.24. The van der Waals surface area contributed by atoms with Gasteiger partial charge in [-0.2, -0.15) is 0 Å². The smallest absolute Gasteiger partial charge is 0.137 e. The van der Waals surface area contributed by atoms with Crippen molar-refractivity contribution in [1.29, 1.82) is 0 Å². The maximum absolute atomic E-state index is 4.24. The zero-order chi connectivity index (χ0) is 9.97. The Hall–Kier alpha value is -1.64. The van der Waals surface area contributed by atoms with Crippen LogP contribution in [-0.4, -0.2) is 16.5 Å². The molecule has 2 rings (SSSR count). The first-order valence-electron chi connectivity index (χ1n) is 4.77. The quantitative estimate of drug-likeness (QED) is 0.784. The number of aryl methyl sites for hydroxylation is 1. The number of anilines is 1. The number of benzene rings is 1. The highest BCUT2D eigenvalue weighted by Gasteiger charge is 2.03. The standard InChI is InChI=1S/C11H13N3/c1-3-12-11-10-8(2)5-4-6-9(10)13-7-14-11/h4-7H,3H2,1-2H3,(H,12,13,14). The van der Waals surface area contributed by atoms with E-state index in [4.69, 9.17) is 0 Å². The van der Waals surface area contributed by atoms with E-state index in [9.17, 15) is 0 Å². The number of nitrogens with one attached hydrogen (secondary N) is 1. The van der Waals surface area contributed by atoms with Crippen LogP contribution in [0.2, 0.25) is 0 Å². The van der Waals surface area contributed by atoms with E-state index in [-0.39, 0.29) is 0 Å². The van der Waals surface area contributed by atoms with Gasteiger partial charge < -0.3 is 5.32 Å². The molecule has 0 bridgehead atoms. The molecule has 0 spiro atoms. The average molecular weight is 187 g/mol. The molecular formula is C11H13N3. The molecule has 0 saturated carbocycles. The molecule has 1 aromatic carbocycles. The van der Waals surface area contributed by atoms with Gasteiger partial charge in [0.15, 0.2) is 0 Å². The fraction of sp³-hybridized carbons (Fsp3) is 0.273. The molecule has 0 aliphatic heterocycles. The van der Waals surface area contributed by atoms with Crippen LogP contribution in [0.5, 0.6) is 0 Å². The third-order valence-corrected chi connectivity index (χ3v) is 2.22. The minimum atomic E-state index is 0.875. The van der Waals surface area contributed by atoms with Gasteiger partial charge in [0.05, 0.1) is 5.52 Å². The van der Waals surface area contributed by atoms with E-state index in [1.807, 2.05) is 12.1 Å². The van der Waals surface area contributed by atoms with Crippen molar-refractivity contribution >= 4 is 16.7 Å². The molecule has 0 aliphatic rings. The van der Waals surface area contributed by atoms with Crippen LogP contribution >= 0.6 is 0 Å². The van der Waals surface area contributed by atoms with Gasteiger partial charge in [0.25, 0.3) is 0 Å². The first-order valence-corrected chi connectivity index (χ1v) is 4.77. The molecule has 2 aromatic rings. The predicted octanol–water partition coefficient (Wildman–Crippen LogP) is 2.37. The molecule has 1 aromatic heterocycles. The highest BCUT2D eigenvalue weighted by molar-refractivity contribution is 5.91. The third-order valence-electron chi connectivity index (χ3n) is 2.22. The summed E-state index contributed by atoms with van der Waals surface area (Å²) in [4.78, 5) is 8.47. The van der Waals surface area contributed by atoms with Crippen molar-refractivity contribution in [2.45, 2.75) is 13.8 Å². The van der Waals surface area contributed by atoms with Crippen molar-refractivity contribution < 1.29 is 0 Å². The SMILES string of the molecule is CCNc1ncnc2cccc(C)c12. The second-order valence-corrected chi connectivity index (χ2v) is 3.22. The zero-order valence-electron chi connectivity index (χ0n) is 8.41. The summed E-state index contributed by atoms with van der Waals surface area (Å²) in [6.07, 6.45) is 1.60. The van der Waals surface area contributed by atoms with Crippen LogP contribution in [0.3, 0.4) is 0 Å². The van der Waals surface area contributed by atoms with Crippen LogP contribution in [-0.2, 0) is 0 Å². The second kappa shape index (κ2) is 3.62. The van der Waals surface area contributed by atoms with E-state index < -0.39 is 0 Å². The normalized spacial score (nSPS) is 10.4. The van der Waals surface area contributed by atoms with Gasteiger partial charge in [-0.25, -0.2) is 9.97 Å². The molecule has 0 radical (unpaired) electrons. The summed E-state index contributed by atoms with van der Waals surface area (Å²) >= 11 is 0. The van der Waals surface area contributed by atoms with E-state index in [1.54, 1.807) is 6.33 Å². The lowest BCUT2D eigenvalue weighted by atomic mass is 10.1.